The van der Waals surface area contributed by atoms with Gasteiger partial charge in [-0.2, -0.15) is 5.10 Å². The minimum Gasteiger partial charge on any atom is -0.398 e. The molecule has 2 rings (SSSR count). The molecular formula is C13H19N5O2S. The average Bonchev–Trinajstić information content (AvgIpc) is 2.79. The van der Waals surface area contributed by atoms with E-state index in [0.717, 1.165) is 11.1 Å². The van der Waals surface area contributed by atoms with E-state index in [1.165, 1.54) is 0 Å². The zero-order valence-electron chi connectivity index (χ0n) is 12.3. The number of benzene rings is 1. The van der Waals surface area contributed by atoms with Gasteiger partial charge >= 0.3 is 0 Å². The second-order valence-corrected chi connectivity index (χ2v) is 6.69. The average molecular weight is 309 g/mol. The first-order valence-electron chi connectivity index (χ1n) is 6.50. The van der Waals surface area contributed by atoms with E-state index < -0.39 is 10.0 Å². The van der Waals surface area contributed by atoms with Crippen molar-refractivity contribution in [2.24, 2.45) is 7.05 Å². The summed E-state index contributed by atoms with van der Waals surface area (Å²) < 4.78 is 28.6. The number of aromatic nitrogens is 3. The predicted molar refractivity (Wildman–Crippen MR) is 80.2 cm³/mol. The van der Waals surface area contributed by atoms with Crippen molar-refractivity contribution in [1.82, 2.24) is 19.5 Å². The minimum absolute atomic E-state index is 0.111. The topological polar surface area (TPSA) is 103 Å². The van der Waals surface area contributed by atoms with E-state index in [1.54, 1.807) is 30.2 Å². The number of nitrogen functional groups attached to an aromatic ring is 1. The van der Waals surface area contributed by atoms with Gasteiger partial charge in [-0.1, -0.05) is 0 Å². The molecule has 0 aliphatic rings. The Balaban J connectivity index is 2.10. The van der Waals surface area contributed by atoms with E-state index in [0.29, 0.717) is 12.2 Å². The molecule has 1 aromatic carbocycles. The van der Waals surface area contributed by atoms with Gasteiger partial charge in [0, 0.05) is 20.0 Å². The van der Waals surface area contributed by atoms with Crippen LogP contribution in [0.2, 0.25) is 0 Å². The fraction of sp³-hybridized carbons (Fsp3) is 0.385. The zero-order chi connectivity index (χ0) is 15.6. The van der Waals surface area contributed by atoms with E-state index in [1.807, 2.05) is 13.8 Å². The van der Waals surface area contributed by atoms with E-state index in [9.17, 15) is 8.42 Å². The van der Waals surface area contributed by atoms with Gasteiger partial charge in [-0.05, 0) is 37.1 Å². The van der Waals surface area contributed by atoms with Crippen LogP contribution < -0.4 is 10.5 Å². The van der Waals surface area contributed by atoms with Gasteiger partial charge < -0.3 is 5.73 Å². The highest BCUT2D eigenvalue weighted by molar-refractivity contribution is 7.89. The number of hydrogen-bond donors (Lipinski definition) is 2. The Morgan fingerprint density at radius 1 is 1.29 bits per heavy atom. The molecule has 8 heteroatoms. The molecule has 0 atom stereocenters. The van der Waals surface area contributed by atoms with Gasteiger partial charge in [0.25, 0.3) is 0 Å². The highest BCUT2D eigenvalue weighted by atomic mass is 32.2. The molecule has 2 aromatic rings. The Morgan fingerprint density at radius 3 is 2.57 bits per heavy atom. The van der Waals surface area contributed by atoms with Crippen molar-refractivity contribution in [3.63, 3.8) is 0 Å². The summed E-state index contributed by atoms with van der Waals surface area (Å²) in [5, 5.41) is 4.09. The summed E-state index contributed by atoms with van der Waals surface area (Å²) >= 11 is 0. The van der Waals surface area contributed by atoms with Crippen molar-refractivity contribution in [1.29, 1.82) is 0 Å². The Hall–Kier alpha value is -1.93. The molecule has 0 saturated carbocycles. The van der Waals surface area contributed by atoms with Gasteiger partial charge in [0.2, 0.25) is 10.0 Å². The van der Waals surface area contributed by atoms with Crippen LogP contribution in [0.25, 0.3) is 0 Å². The first kappa shape index (κ1) is 15.5. The van der Waals surface area contributed by atoms with Crippen molar-refractivity contribution in [2.45, 2.75) is 25.2 Å². The van der Waals surface area contributed by atoms with Crippen LogP contribution in [0.5, 0.6) is 0 Å². The number of hydrogen-bond acceptors (Lipinski definition) is 5. The second-order valence-electron chi connectivity index (χ2n) is 4.96. The van der Waals surface area contributed by atoms with Gasteiger partial charge in [0.05, 0.1) is 5.69 Å². The lowest BCUT2D eigenvalue weighted by molar-refractivity contribution is 0.581. The predicted octanol–water partition coefficient (Wildman–Crippen LogP) is 0.535. The maximum Gasteiger partial charge on any atom is 0.242 e. The van der Waals surface area contributed by atoms with Crippen LogP contribution in [0.3, 0.4) is 0 Å². The molecule has 0 bridgehead atoms. The number of aryl methyl sites for hydroxylation is 3. The summed E-state index contributed by atoms with van der Waals surface area (Å²) in [6.45, 7) is 3.96. The Bertz CT molecular complexity index is 752. The molecule has 0 unspecified atom stereocenters. The van der Waals surface area contributed by atoms with E-state index in [2.05, 4.69) is 14.8 Å². The van der Waals surface area contributed by atoms with Gasteiger partial charge in [0.1, 0.15) is 11.2 Å². The SMILES string of the molecule is Cc1cc(N)c(S(=O)(=O)NCCc2ncn(C)n2)cc1C. The third kappa shape index (κ3) is 3.59. The lowest BCUT2D eigenvalue weighted by Crippen LogP contribution is -2.27. The number of sulfonamides is 1. The zero-order valence-corrected chi connectivity index (χ0v) is 13.1. The van der Waals surface area contributed by atoms with Crippen LogP contribution in [0.4, 0.5) is 5.69 Å². The van der Waals surface area contributed by atoms with Crippen LogP contribution in [0.15, 0.2) is 23.4 Å². The molecular weight excluding hydrogens is 290 g/mol. The van der Waals surface area contributed by atoms with Gasteiger partial charge in [-0.25, -0.2) is 18.1 Å². The summed E-state index contributed by atoms with van der Waals surface area (Å²) in [7, 11) is -1.87. The number of nitrogens with one attached hydrogen (secondary N) is 1. The van der Waals surface area contributed by atoms with Gasteiger partial charge in [-0.3, -0.25) is 4.68 Å². The fourth-order valence-corrected chi connectivity index (χ4v) is 3.15. The Labute approximate surface area is 124 Å². The maximum atomic E-state index is 12.3. The molecule has 0 spiro atoms. The summed E-state index contributed by atoms with van der Waals surface area (Å²) in [4.78, 5) is 4.15. The minimum atomic E-state index is -3.63. The van der Waals surface area contributed by atoms with E-state index in [-0.39, 0.29) is 17.1 Å². The molecule has 114 valence electrons. The van der Waals surface area contributed by atoms with E-state index in [4.69, 9.17) is 5.73 Å². The monoisotopic (exact) mass is 309 g/mol. The maximum absolute atomic E-state index is 12.3. The van der Waals surface area contributed by atoms with Crippen molar-refractivity contribution < 1.29 is 8.42 Å². The lowest BCUT2D eigenvalue weighted by Gasteiger charge is -2.11. The Kier molecular flexibility index (Phi) is 4.29. The first-order chi connectivity index (χ1) is 9.79. The Morgan fingerprint density at radius 2 is 1.95 bits per heavy atom. The molecule has 21 heavy (non-hydrogen) atoms. The van der Waals surface area contributed by atoms with Crippen LogP contribution in [0.1, 0.15) is 17.0 Å². The van der Waals surface area contributed by atoms with Crippen LogP contribution in [-0.4, -0.2) is 29.7 Å². The van der Waals surface area contributed by atoms with E-state index >= 15 is 0 Å². The lowest BCUT2D eigenvalue weighted by atomic mass is 10.1. The fourth-order valence-electron chi connectivity index (χ4n) is 1.92. The quantitative estimate of drug-likeness (QED) is 0.784. The van der Waals surface area contributed by atoms with Gasteiger partial charge in [-0.15, -0.1) is 0 Å². The molecule has 0 fully saturated rings. The molecule has 0 aliphatic heterocycles. The third-order valence-electron chi connectivity index (χ3n) is 3.20. The molecule has 0 aliphatic carbocycles. The number of anilines is 1. The highest BCUT2D eigenvalue weighted by Gasteiger charge is 2.18. The smallest absolute Gasteiger partial charge is 0.242 e. The van der Waals surface area contributed by atoms with Crippen LogP contribution in [-0.2, 0) is 23.5 Å². The van der Waals surface area contributed by atoms with Crippen molar-refractivity contribution >= 4 is 15.7 Å². The van der Waals surface area contributed by atoms with Crippen LogP contribution in [0, 0.1) is 13.8 Å². The molecule has 0 amide bonds. The van der Waals surface area contributed by atoms with Crippen molar-refractivity contribution in [2.75, 3.05) is 12.3 Å². The number of nitrogens with zero attached hydrogens (tertiary/aromatic N) is 3. The standard InChI is InChI=1S/C13H19N5O2S/c1-9-6-11(14)12(7-10(9)2)21(19,20)16-5-4-13-15-8-18(3)17-13/h6-8,16H,4-5,14H2,1-3H3. The van der Waals surface area contributed by atoms with Gasteiger partial charge in [0.15, 0.2) is 5.82 Å². The second kappa shape index (κ2) is 5.82. The van der Waals surface area contributed by atoms with Crippen LogP contribution >= 0.6 is 0 Å². The molecule has 3 N–H and O–H groups in total. The summed E-state index contributed by atoms with van der Waals surface area (Å²) in [6, 6.07) is 3.26. The molecule has 0 saturated heterocycles. The number of nitrogens with two attached hydrogens (primary N) is 1. The van der Waals surface area contributed by atoms with Crippen molar-refractivity contribution in [3.05, 3.63) is 35.4 Å². The van der Waals surface area contributed by atoms with Crippen molar-refractivity contribution in [3.8, 4) is 0 Å². The summed E-state index contributed by atoms with van der Waals surface area (Å²) in [5.41, 5.74) is 7.91. The normalized spacial score (nSPS) is 11.8. The summed E-state index contributed by atoms with van der Waals surface area (Å²) in [5.74, 6) is 0.591. The molecule has 1 heterocycles. The first-order valence-corrected chi connectivity index (χ1v) is 7.99. The molecule has 7 nitrogen and oxygen atoms in total. The third-order valence-corrected chi connectivity index (χ3v) is 4.72. The summed E-state index contributed by atoms with van der Waals surface area (Å²) in [6.07, 6.45) is 2.00. The largest absolute Gasteiger partial charge is 0.398 e. The highest BCUT2D eigenvalue weighted by Crippen LogP contribution is 2.22. The number of rotatable bonds is 5. The molecule has 0 radical (unpaired) electrons. The molecule has 1 aromatic heterocycles.